The van der Waals surface area contributed by atoms with Crippen LogP contribution in [0.25, 0.3) is 0 Å². The van der Waals surface area contributed by atoms with Crippen molar-refractivity contribution in [1.82, 2.24) is 10.3 Å². The van der Waals surface area contributed by atoms with E-state index in [2.05, 4.69) is 28.6 Å². The minimum absolute atomic E-state index is 0.0806. The van der Waals surface area contributed by atoms with Gasteiger partial charge in [-0.1, -0.05) is 55.5 Å². The van der Waals surface area contributed by atoms with E-state index >= 15 is 0 Å². The van der Waals surface area contributed by atoms with Gasteiger partial charge in [0.05, 0.1) is 6.04 Å². The third-order valence-corrected chi connectivity index (χ3v) is 4.32. The van der Waals surface area contributed by atoms with Crippen molar-refractivity contribution in [3.05, 3.63) is 89.7 Å². The number of carbonyl (C=O) groups is 1. The highest BCUT2D eigenvalue weighted by Crippen LogP contribution is 2.21. The third-order valence-electron chi connectivity index (χ3n) is 4.32. The number of anilines is 2. The number of hydrogen-bond donors (Lipinski definition) is 2. The van der Waals surface area contributed by atoms with Gasteiger partial charge in [0.2, 0.25) is 0 Å². The number of aromatic nitrogens is 1. The predicted octanol–water partition coefficient (Wildman–Crippen LogP) is 4.88. The molecule has 1 aromatic heterocycles. The monoisotopic (exact) mass is 345 g/mol. The van der Waals surface area contributed by atoms with Crippen LogP contribution in [0.15, 0.2) is 72.9 Å². The fourth-order valence-corrected chi connectivity index (χ4v) is 2.83. The smallest absolute Gasteiger partial charge is 0.270 e. The van der Waals surface area contributed by atoms with Crippen molar-refractivity contribution in [2.24, 2.45) is 0 Å². The fraction of sp³-hybridized carbons (Fsp3) is 0.182. The van der Waals surface area contributed by atoms with Crippen LogP contribution in [0.4, 0.5) is 11.4 Å². The molecule has 3 rings (SSSR count). The summed E-state index contributed by atoms with van der Waals surface area (Å²) in [4.78, 5) is 16.8. The summed E-state index contributed by atoms with van der Waals surface area (Å²) in [6.07, 6.45) is 2.59. The van der Waals surface area contributed by atoms with Gasteiger partial charge in [0.1, 0.15) is 5.69 Å². The van der Waals surface area contributed by atoms with Crippen molar-refractivity contribution >= 4 is 17.3 Å². The molecule has 0 spiro atoms. The van der Waals surface area contributed by atoms with Gasteiger partial charge in [-0.25, -0.2) is 0 Å². The highest BCUT2D eigenvalue weighted by Gasteiger charge is 2.13. The van der Waals surface area contributed by atoms with Crippen molar-refractivity contribution in [2.75, 3.05) is 5.32 Å². The topological polar surface area (TPSA) is 54.0 Å². The summed E-state index contributed by atoms with van der Waals surface area (Å²) in [5.74, 6) is -0.186. The van der Waals surface area contributed by atoms with Crippen LogP contribution in [0.2, 0.25) is 0 Å². The number of nitrogens with one attached hydrogen (secondary N) is 2. The molecule has 0 saturated heterocycles. The van der Waals surface area contributed by atoms with Crippen LogP contribution in [-0.2, 0) is 6.42 Å². The number of hydrogen-bond acceptors (Lipinski definition) is 3. The van der Waals surface area contributed by atoms with E-state index in [9.17, 15) is 4.79 Å². The molecule has 1 heterocycles. The van der Waals surface area contributed by atoms with Crippen molar-refractivity contribution in [3.63, 3.8) is 0 Å². The molecule has 26 heavy (non-hydrogen) atoms. The molecule has 1 atom stereocenters. The number of nitrogens with zero attached hydrogens (tertiary/aromatic N) is 1. The summed E-state index contributed by atoms with van der Waals surface area (Å²) in [6.45, 7) is 4.09. The van der Waals surface area contributed by atoms with Crippen molar-refractivity contribution in [2.45, 2.75) is 26.3 Å². The Balaban J connectivity index is 1.73. The molecule has 0 saturated carbocycles. The molecular formula is C22H23N3O. The quantitative estimate of drug-likeness (QED) is 0.669. The average molecular weight is 345 g/mol. The summed E-state index contributed by atoms with van der Waals surface area (Å²) in [7, 11) is 0. The molecule has 0 aliphatic carbocycles. The number of para-hydroxylation sites is 1. The summed E-state index contributed by atoms with van der Waals surface area (Å²) >= 11 is 0. The first-order chi connectivity index (χ1) is 12.7. The standard InChI is InChI=1S/C22H23N3O/c1-3-17-9-7-8-12-20(17)25-19-13-14-23-21(15-19)22(26)24-16(2)18-10-5-4-6-11-18/h4-16H,3H2,1-2H3,(H,23,25)(H,24,26). The minimum Gasteiger partial charge on any atom is -0.355 e. The lowest BCUT2D eigenvalue weighted by molar-refractivity contribution is 0.0935. The van der Waals surface area contributed by atoms with E-state index in [0.29, 0.717) is 5.69 Å². The maximum Gasteiger partial charge on any atom is 0.270 e. The van der Waals surface area contributed by atoms with E-state index in [1.54, 1.807) is 12.3 Å². The zero-order chi connectivity index (χ0) is 18.4. The lowest BCUT2D eigenvalue weighted by Gasteiger charge is -2.15. The highest BCUT2D eigenvalue weighted by molar-refractivity contribution is 5.93. The predicted molar refractivity (Wildman–Crippen MR) is 106 cm³/mol. The van der Waals surface area contributed by atoms with E-state index in [1.807, 2.05) is 61.5 Å². The van der Waals surface area contributed by atoms with E-state index < -0.39 is 0 Å². The maximum atomic E-state index is 12.6. The van der Waals surface area contributed by atoms with Gasteiger partial charge in [-0.2, -0.15) is 0 Å². The highest BCUT2D eigenvalue weighted by atomic mass is 16.1. The van der Waals surface area contributed by atoms with Crippen LogP contribution in [0.3, 0.4) is 0 Å². The maximum absolute atomic E-state index is 12.6. The molecule has 4 nitrogen and oxygen atoms in total. The number of rotatable bonds is 6. The normalized spacial score (nSPS) is 11.6. The largest absolute Gasteiger partial charge is 0.355 e. The molecular weight excluding hydrogens is 322 g/mol. The summed E-state index contributed by atoms with van der Waals surface area (Å²) in [5, 5.41) is 6.38. The van der Waals surface area contributed by atoms with Crippen LogP contribution in [0.5, 0.6) is 0 Å². The Bertz CT molecular complexity index is 877. The van der Waals surface area contributed by atoms with Crippen molar-refractivity contribution in [3.8, 4) is 0 Å². The van der Waals surface area contributed by atoms with Gasteiger partial charge in [-0.3, -0.25) is 9.78 Å². The van der Waals surface area contributed by atoms with Gasteiger partial charge in [0.15, 0.2) is 0 Å². The van der Waals surface area contributed by atoms with Gasteiger partial charge in [0, 0.05) is 17.6 Å². The number of amides is 1. The molecule has 0 aliphatic heterocycles. The molecule has 0 aliphatic rings. The molecule has 2 aromatic carbocycles. The number of benzene rings is 2. The Hall–Kier alpha value is -3.14. The van der Waals surface area contributed by atoms with E-state index in [4.69, 9.17) is 0 Å². The first-order valence-corrected chi connectivity index (χ1v) is 8.84. The molecule has 0 bridgehead atoms. The van der Waals surface area contributed by atoms with E-state index in [-0.39, 0.29) is 11.9 Å². The second kappa shape index (κ2) is 8.30. The SMILES string of the molecule is CCc1ccccc1Nc1ccnc(C(=O)NC(C)c2ccccc2)c1. The van der Waals surface area contributed by atoms with Crippen molar-refractivity contribution < 1.29 is 4.79 Å². The molecule has 2 N–H and O–H groups in total. The van der Waals surface area contributed by atoms with Crippen LogP contribution < -0.4 is 10.6 Å². The van der Waals surface area contributed by atoms with Gasteiger partial charge in [0.25, 0.3) is 5.91 Å². The Morgan fingerprint density at radius 2 is 1.77 bits per heavy atom. The fourth-order valence-electron chi connectivity index (χ4n) is 2.83. The molecule has 1 amide bonds. The molecule has 3 aromatic rings. The molecule has 0 fully saturated rings. The third kappa shape index (κ3) is 4.28. The summed E-state index contributed by atoms with van der Waals surface area (Å²) in [6, 6.07) is 21.6. The van der Waals surface area contributed by atoms with Crippen LogP contribution >= 0.6 is 0 Å². The molecule has 1 unspecified atom stereocenters. The van der Waals surface area contributed by atoms with Crippen LogP contribution in [0.1, 0.15) is 41.5 Å². The van der Waals surface area contributed by atoms with Crippen LogP contribution in [0, 0.1) is 0 Å². The second-order valence-corrected chi connectivity index (χ2v) is 6.17. The zero-order valence-electron chi connectivity index (χ0n) is 15.1. The van der Waals surface area contributed by atoms with Crippen LogP contribution in [-0.4, -0.2) is 10.9 Å². The van der Waals surface area contributed by atoms with Gasteiger partial charge in [-0.05, 0) is 42.7 Å². The first-order valence-electron chi connectivity index (χ1n) is 8.84. The Morgan fingerprint density at radius 1 is 1.04 bits per heavy atom. The number of pyridine rings is 1. The molecule has 0 radical (unpaired) electrons. The Morgan fingerprint density at radius 3 is 2.54 bits per heavy atom. The molecule has 4 heteroatoms. The van der Waals surface area contributed by atoms with E-state index in [1.165, 1.54) is 5.56 Å². The summed E-state index contributed by atoms with van der Waals surface area (Å²) < 4.78 is 0. The lowest BCUT2D eigenvalue weighted by Crippen LogP contribution is -2.27. The number of aryl methyl sites for hydroxylation is 1. The molecule has 132 valence electrons. The first kappa shape index (κ1) is 17.7. The van der Waals surface area contributed by atoms with Gasteiger partial charge in [-0.15, -0.1) is 0 Å². The Kier molecular flexibility index (Phi) is 5.64. The Labute approximate surface area is 154 Å². The van der Waals surface area contributed by atoms with Crippen molar-refractivity contribution in [1.29, 1.82) is 0 Å². The lowest BCUT2D eigenvalue weighted by atomic mass is 10.1. The second-order valence-electron chi connectivity index (χ2n) is 6.17. The van der Waals surface area contributed by atoms with Gasteiger partial charge >= 0.3 is 0 Å². The zero-order valence-corrected chi connectivity index (χ0v) is 15.1. The average Bonchev–Trinajstić information content (AvgIpc) is 2.69. The van der Waals surface area contributed by atoms with E-state index in [0.717, 1.165) is 23.4 Å². The van der Waals surface area contributed by atoms with Gasteiger partial charge < -0.3 is 10.6 Å². The summed E-state index contributed by atoms with van der Waals surface area (Å²) in [5.41, 5.74) is 4.58. The number of carbonyl (C=O) groups excluding carboxylic acids is 1. The minimum atomic E-state index is -0.186.